The Labute approximate surface area is 126 Å². The highest BCUT2D eigenvalue weighted by Gasteiger charge is 2.45. The van der Waals surface area contributed by atoms with Crippen molar-refractivity contribution in [2.75, 3.05) is 6.54 Å². The highest BCUT2D eigenvalue weighted by atomic mass is 16.4. The summed E-state index contributed by atoms with van der Waals surface area (Å²) in [4.78, 5) is 24.1. The Morgan fingerprint density at radius 2 is 1.86 bits per heavy atom. The molecule has 3 rings (SSSR count). The van der Waals surface area contributed by atoms with Crippen LogP contribution in [-0.2, 0) is 9.59 Å². The number of hydrogen-bond acceptors (Lipinski definition) is 2. The number of rotatable bonds is 4. The number of carbonyl (C=O) groups excluding carboxylic acids is 1. The molecule has 0 heterocycles. The van der Waals surface area contributed by atoms with E-state index in [0.717, 1.165) is 25.2 Å². The lowest BCUT2D eigenvalue weighted by Gasteiger charge is -2.36. The molecule has 3 saturated carbocycles. The summed E-state index contributed by atoms with van der Waals surface area (Å²) >= 11 is 0. The minimum atomic E-state index is -0.734. The van der Waals surface area contributed by atoms with Crippen molar-refractivity contribution in [1.82, 2.24) is 5.32 Å². The van der Waals surface area contributed by atoms with Crippen LogP contribution in [0, 0.1) is 29.1 Å². The van der Waals surface area contributed by atoms with Crippen LogP contribution in [0.5, 0.6) is 0 Å². The molecule has 3 unspecified atom stereocenters. The summed E-state index contributed by atoms with van der Waals surface area (Å²) in [5, 5.41) is 12.6. The van der Waals surface area contributed by atoms with E-state index in [0.29, 0.717) is 31.2 Å². The van der Waals surface area contributed by atoms with Crippen molar-refractivity contribution in [3.63, 3.8) is 0 Å². The zero-order chi connectivity index (χ0) is 15.0. The first-order valence-electron chi connectivity index (χ1n) is 8.51. The predicted molar refractivity (Wildman–Crippen MR) is 79.6 cm³/mol. The summed E-state index contributed by atoms with van der Waals surface area (Å²) in [5.74, 6) is 1.44. The highest BCUT2D eigenvalue weighted by Crippen LogP contribution is 2.48. The lowest BCUT2D eigenvalue weighted by molar-refractivity contribution is -0.151. The van der Waals surface area contributed by atoms with Gasteiger partial charge in [-0.1, -0.05) is 13.3 Å². The molecule has 0 aliphatic heterocycles. The molecular formula is C17H27NO3. The topological polar surface area (TPSA) is 66.4 Å². The summed E-state index contributed by atoms with van der Waals surface area (Å²) in [5.41, 5.74) is -0.722. The second-order valence-corrected chi connectivity index (χ2v) is 7.77. The fourth-order valence-electron chi connectivity index (χ4n) is 4.73. The second-order valence-electron chi connectivity index (χ2n) is 7.77. The van der Waals surface area contributed by atoms with Crippen LogP contribution >= 0.6 is 0 Å². The molecule has 2 bridgehead atoms. The van der Waals surface area contributed by atoms with Crippen molar-refractivity contribution >= 4 is 11.9 Å². The third-order valence-corrected chi connectivity index (χ3v) is 6.36. The van der Waals surface area contributed by atoms with Crippen LogP contribution in [0.1, 0.15) is 58.3 Å². The number of carboxylic acid groups (broad SMARTS) is 1. The maximum atomic E-state index is 12.4. The summed E-state index contributed by atoms with van der Waals surface area (Å²) < 4.78 is 0. The number of nitrogens with one attached hydrogen (secondary N) is 1. The molecule has 3 fully saturated rings. The molecule has 4 heteroatoms. The average Bonchev–Trinajstić information content (AvgIpc) is 3.09. The lowest BCUT2D eigenvalue weighted by Crippen LogP contribution is -2.47. The highest BCUT2D eigenvalue weighted by molar-refractivity contribution is 5.81. The molecule has 0 aromatic rings. The molecule has 0 radical (unpaired) electrons. The van der Waals surface area contributed by atoms with Gasteiger partial charge in [0.2, 0.25) is 5.91 Å². The van der Waals surface area contributed by atoms with Crippen molar-refractivity contribution < 1.29 is 14.7 Å². The largest absolute Gasteiger partial charge is 0.481 e. The number of fused-ring (bicyclic) bond motifs is 2. The number of hydrogen-bond donors (Lipinski definition) is 2. The van der Waals surface area contributed by atoms with Gasteiger partial charge in [-0.25, -0.2) is 0 Å². The van der Waals surface area contributed by atoms with Gasteiger partial charge < -0.3 is 10.4 Å². The molecule has 2 N–H and O–H groups in total. The minimum absolute atomic E-state index is 0.112. The van der Waals surface area contributed by atoms with Gasteiger partial charge in [-0.05, 0) is 62.7 Å². The van der Waals surface area contributed by atoms with Gasteiger partial charge >= 0.3 is 5.97 Å². The summed E-state index contributed by atoms with van der Waals surface area (Å²) in [6.07, 6.45) is 8.00. The zero-order valence-electron chi connectivity index (χ0n) is 12.9. The fourth-order valence-corrected chi connectivity index (χ4v) is 4.73. The molecule has 0 aromatic carbocycles. The van der Waals surface area contributed by atoms with Gasteiger partial charge in [0.25, 0.3) is 0 Å². The first kappa shape index (κ1) is 14.9. The van der Waals surface area contributed by atoms with E-state index in [1.54, 1.807) is 0 Å². The second kappa shape index (κ2) is 5.62. The molecule has 1 amide bonds. The maximum absolute atomic E-state index is 12.4. The van der Waals surface area contributed by atoms with E-state index in [1.165, 1.54) is 19.3 Å². The van der Waals surface area contributed by atoms with E-state index in [-0.39, 0.29) is 11.8 Å². The average molecular weight is 293 g/mol. The lowest BCUT2D eigenvalue weighted by atomic mass is 9.70. The van der Waals surface area contributed by atoms with E-state index in [9.17, 15) is 14.7 Å². The first-order chi connectivity index (χ1) is 10.00. The smallest absolute Gasteiger partial charge is 0.311 e. The van der Waals surface area contributed by atoms with Gasteiger partial charge in [-0.15, -0.1) is 0 Å². The predicted octanol–water partition coefficient (Wildman–Crippen LogP) is 2.82. The van der Waals surface area contributed by atoms with Crippen molar-refractivity contribution in [1.29, 1.82) is 0 Å². The number of carbonyl (C=O) groups is 2. The monoisotopic (exact) mass is 293 g/mol. The summed E-state index contributed by atoms with van der Waals surface area (Å²) in [7, 11) is 0. The van der Waals surface area contributed by atoms with Crippen LogP contribution in [0.2, 0.25) is 0 Å². The number of amides is 1. The van der Waals surface area contributed by atoms with Gasteiger partial charge in [0.1, 0.15) is 0 Å². The van der Waals surface area contributed by atoms with Crippen LogP contribution in [0.4, 0.5) is 0 Å². The Hall–Kier alpha value is -1.06. The van der Waals surface area contributed by atoms with Crippen LogP contribution < -0.4 is 5.32 Å². The van der Waals surface area contributed by atoms with Crippen LogP contribution in [0.25, 0.3) is 0 Å². The standard InChI is InChI=1S/C17H27NO3/c1-11-4-6-17(7-5-11,16(20)21)10-18-15(19)14-9-12-2-3-13(14)8-12/h11-14H,2-10H2,1H3,(H,18,19)(H,20,21). The van der Waals surface area contributed by atoms with Crippen molar-refractivity contribution in [3.8, 4) is 0 Å². The maximum Gasteiger partial charge on any atom is 0.311 e. The SMILES string of the molecule is CC1CCC(CNC(=O)C2CC3CCC2C3)(C(=O)O)CC1. The Bertz CT molecular complexity index is 426. The molecule has 3 aliphatic rings. The van der Waals surface area contributed by atoms with E-state index < -0.39 is 11.4 Å². The van der Waals surface area contributed by atoms with Gasteiger partial charge in [-0.2, -0.15) is 0 Å². The fraction of sp³-hybridized carbons (Fsp3) is 0.882. The Morgan fingerprint density at radius 1 is 1.14 bits per heavy atom. The molecule has 0 spiro atoms. The zero-order valence-corrected chi connectivity index (χ0v) is 12.9. The quantitative estimate of drug-likeness (QED) is 0.837. The van der Waals surface area contributed by atoms with Crippen molar-refractivity contribution in [2.24, 2.45) is 29.1 Å². The third-order valence-electron chi connectivity index (χ3n) is 6.36. The first-order valence-corrected chi connectivity index (χ1v) is 8.51. The van der Waals surface area contributed by atoms with Gasteiger partial charge in [-0.3, -0.25) is 9.59 Å². The summed E-state index contributed by atoms with van der Waals surface area (Å²) in [6, 6.07) is 0. The van der Waals surface area contributed by atoms with E-state index >= 15 is 0 Å². The Morgan fingerprint density at radius 3 is 2.38 bits per heavy atom. The van der Waals surface area contributed by atoms with Crippen LogP contribution in [0.3, 0.4) is 0 Å². The van der Waals surface area contributed by atoms with E-state index in [1.807, 2.05) is 0 Å². The Balaban J connectivity index is 1.57. The normalized spacial score (nSPS) is 42.0. The van der Waals surface area contributed by atoms with Crippen LogP contribution in [-0.4, -0.2) is 23.5 Å². The number of carboxylic acids is 1. The van der Waals surface area contributed by atoms with Gasteiger partial charge in [0.15, 0.2) is 0 Å². The van der Waals surface area contributed by atoms with Crippen LogP contribution in [0.15, 0.2) is 0 Å². The molecule has 0 saturated heterocycles. The van der Waals surface area contributed by atoms with Crippen molar-refractivity contribution in [2.45, 2.75) is 58.3 Å². The Kier molecular flexibility index (Phi) is 3.98. The van der Waals surface area contributed by atoms with E-state index in [2.05, 4.69) is 12.2 Å². The molecule has 3 aliphatic carbocycles. The molecule has 118 valence electrons. The van der Waals surface area contributed by atoms with Gasteiger partial charge in [0, 0.05) is 12.5 Å². The summed E-state index contributed by atoms with van der Waals surface area (Å²) in [6.45, 7) is 2.50. The molecule has 3 atom stereocenters. The molecule has 21 heavy (non-hydrogen) atoms. The molecular weight excluding hydrogens is 266 g/mol. The molecule has 4 nitrogen and oxygen atoms in total. The number of aliphatic carboxylic acids is 1. The van der Waals surface area contributed by atoms with E-state index in [4.69, 9.17) is 0 Å². The molecule has 0 aromatic heterocycles. The minimum Gasteiger partial charge on any atom is -0.481 e. The van der Waals surface area contributed by atoms with Crippen molar-refractivity contribution in [3.05, 3.63) is 0 Å². The third kappa shape index (κ3) is 2.82. The van der Waals surface area contributed by atoms with Gasteiger partial charge in [0.05, 0.1) is 5.41 Å².